The van der Waals surface area contributed by atoms with Crippen molar-refractivity contribution >= 4 is 17.5 Å². The van der Waals surface area contributed by atoms with Gasteiger partial charge in [-0.3, -0.25) is 9.48 Å². The van der Waals surface area contributed by atoms with Crippen molar-refractivity contribution in [2.24, 2.45) is 7.05 Å². The van der Waals surface area contributed by atoms with E-state index in [2.05, 4.69) is 15.4 Å². The summed E-state index contributed by atoms with van der Waals surface area (Å²) in [6, 6.07) is 3.26. The smallest absolute Gasteiger partial charge is 0.251 e. The third kappa shape index (κ3) is 3.12. The maximum absolute atomic E-state index is 12.0. The van der Waals surface area contributed by atoms with E-state index in [1.54, 1.807) is 29.9 Å². The van der Waals surface area contributed by atoms with Gasteiger partial charge < -0.3 is 5.32 Å². The van der Waals surface area contributed by atoms with Gasteiger partial charge >= 0.3 is 0 Å². The Bertz CT molecular complexity index is 601. The second-order valence-electron chi connectivity index (χ2n) is 4.38. The molecule has 0 saturated carbocycles. The highest BCUT2D eigenvalue weighted by atomic mass is 35.5. The molecule has 6 heteroatoms. The van der Waals surface area contributed by atoms with Gasteiger partial charge in [0.25, 0.3) is 5.91 Å². The van der Waals surface area contributed by atoms with E-state index in [9.17, 15) is 4.79 Å². The van der Waals surface area contributed by atoms with Gasteiger partial charge in [0.2, 0.25) is 0 Å². The van der Waals surface area contributed by atoms with Crippen LogP contribution in [0.1, 0.15) is 27.3 Å². The van der Waals surface area contributed by atoms with Crippen LogP contribution in [0.5, 0.6) is 0 Å². The Hall–Kier alpha value is -1.88. The lowest BCUT2D eigenvalue weighted by Crippen LogP contribution is -2.23. The molecule has 0 aliphatic carbocycles. The second-order valence-corrected chi connectivity index (χ2v) is 4.77. The summed E-state index contributed by atoms with van der Waals surface area (Å²) < 4.78 is 1.77. The molecule has 2 aromatic heterocycles. The van der Waals surface area contributed by atoms with E-state index in [1.807, 2.05) is 14.0 Å². The van der Waals surface area contributed by atoms with Gasteiger partial charge in [-0.2, -0.15) is 5.10 Å². The minimum atomic E-state index is -0.171. The fourth-order valence-corrected chi connectivity index (χ4v) is 2.01. The maximum Gasteiger partial charge on any atom is 0.251 e. The van der Waals surface area contributed by atoms with Gasteiger partial charge in [0.1, 0.15) is 5.15 Å². The Labute approximate surface area is 116 Å². The molecular formula is C13H15ClN4O. The number of halogens is 1. The van der Waals surface area contributed by atoms with Crippen LogP contribution in [-0.2, 0) is 13.6 Å². The number of aryl methyl sites for hydroxylation is 2. The van der Waals surface area contributed by atoms with Gasteiger partial charge in [-0.1, -0.05) is 11.6 Å². The van der Waals surface area contributed by atoms with Crippen LogP contribution in [0.2, 0.25) is 5.15 Å². The first kappa shape index (κ1) is 13.5. The van der Waals surface area contributed by atoms with Crippen molar-refractivity contribution in [2.45, 2.75) is 20.4 Å². The first-order valence-corrected chi connectivity index (χ1v) is 6.25. The van der Waals surface area contributed by atoms with E-state index in [0.29, 0.717) is 17.3 Å². The highest BCUT2D eigenvalue weighted by Crippen LogP contribution is 2.11. The summed E-state index contributed by atoms with van der Waals surface area (Å²) in [5.41, 5.74) is 3.26. The molecular weight excluding hydrogens is 264 g/mol. The Morgan fingerprint density at radius 3 is 2.74 bits per heavy atom. The third-order valence-corrected chi connectivity index (χ3v) is 3.15. The molecule has 0 aliphatic rings. The lowest BCUT2D eigenvalue weighted by Gasteiger charge is -2.06. The molecule has 2 heterocycles. The van der Waals surface area contributed by atoms with Crippen molar-refractivity contribution in [3.8, 4) is 0 Å². The predicted octanol–water partition coefficient (Wildman–Crippen LogP) is 2.02. The van der Waals surface area contributed by atoms with Crippen molar-refractivity contribution < 1.29 is 4.79 Å². The Morgan fingerprint density at radius 2 is 2.16 bits per heavy atom. The largest absolute Gasteiger partial charge is 0.348 e. The van der Waals surface area contributed by atoms with Crippen LogP contribution in [-0.4, -0.2) is 20.7 Å². The summed E-state index contributed by atoms with van der Waals surface area (Å²) in [7, 11) is 1.87. The first-order valence-electron chi connectivity index (χ1n) is 5.87. The number of nitrogens with zero attached hydrogens (tertiary/aromatic N) is 3. The minimum Gasteiger partial charge on any atom is -0.348 e. The van der Waals surface area contributed by atoms with Gasteiger partial charge in [0.05, 0.1) is 6.20 Å². The Balaban J connectivity index is 2.07. The molecule has 19 heavy (non-hydrogen) atoms. The standard InChI is InChI=1S/C13H15ClN4O/c1-8-4-10(5-12(14)17-8)13(19)15-6-11-7-16-18(3)9(11)2/h4-5,7H,6H2,1-3H3,(H,15,19). The molecule has 100 valence electrons. The van der Waals surface area contributed by atoms with Gasteiger partial charge in [0, 0.05) is 36.1 Å². The zero-order valence-electron chi connectivity index (χ0n) is 11.1. The summed E-state index contributed by atoms with van der Waals surface area (Å²) in [6.07, 6.45) is 1.75. The third-order valence-electron chi connectivity index (χ3n) is 2.96. The molecule has 5 nitrogen and oxygen atoms in total. The van der Waals surface area contributed by atoms with Crippen molar-refractivity contribution in [3.63, 3.8) is 0 Å². The van der Waals surface area contributed by atoms with E-state index < -0.39 is 0 Å². The topological polar surface area (TPSA) is 59.8 Å². The first-order chi connectivity index (χ1) is 8.97. The Kier molecular flexibility index (Phi) is 3.85. The quantitative estimate of drug-likeness (QED) is 0.874. The van der Waals surface area contributed by atoms with Crippen molar-refractivity contribution in [3.05, 3.63) is 46.0 Å². The molecule has 0 spiro atoms. The van der Waals surface area contributed by atoms with Gasteiger partial charge in [0.15, 0.2) is 0 Å². The van der Waals surface area contributed by atoms with Crippen molar-refractivity contribution in [1.29, 1.82) is 0 Å². The normalized spacial score (nSPS) is 10.5. The number of hydrogen-bond donors (Lipinski definition) is 1. The molecule has 2 rings (SSSR count). The number of amides is 1. The van der Waals surface area contributed by atoms with E-state index >= 15 is 0 Å². The molecule has 0 unspecified atom stereocenters. The minimum absolute atomic E-state index is 0.171. The average molecular weight is 279 g/mol. The SMILES string of the molecule is Cc1cc(C(=O)NCc2cnn(C)c2C)cc(Cl)n1. The lowest BCUT2D eigenvalue weighted by atomic mass is 10.2. The molecule has 0 fully saturated rings. The number of pyridine rings is 1. The molecule has 0 aromatic carbocycles. The summed E-state index contributed by atoms with van der Waals surface area (Å²) in [5, 5.41) is 7.30. The van der Waals surface area contributed by atoms with Crippen LogP contribution in [0.15, 0.2) is 18.3 Å². The summed E-state index contributed by atoms with van der Waals surface area (Å²) in [5.74, 6) is -0.171. The molecule has 1 amide bonds. The van der Waals surface area contributed by atoms with Crippen LogP contribution in [0, 0.1) is 13.8 Å². The van der Waals surface area contributed by atoms with E-state index in [-0.39, 0.29) is 5.91 Å². The van der Waals surface area contributed by atoms with E-state index in [4.69, 9.17) is 11.6 Å². The van der Waals surface area contributed by atoms with E-state index in [0.717, 1.165) is 17.0 Å². The molecule has 0 saturated heterocycles. The molecule has 0 atom stereocenters. The zero-order valence-corrected chi connectivity index (χ0v) is 11.8. The molecule has 2 aromatic rings. The van der Waals surface area contributed by atoms with Gasteiger partial charge in [-0.15, -0.1) is 0 Å². The zero-order chi connectivity index (χ0) is 14.0. The molecule has 0 bridgehead atoms. The van der Waals surface area contributed by atoms with Crippen LogP contribution >= 0.6 is 11.6 Å². The van der Waals surface area contributed by atoms with Crippen LogP contribution in [0.25, 0.3) is 0 Å². The second kappa shape index (κ2) is 5.40. The summed E-state index contributed by atoms with van der Waals surface area (Å²) >= 11 is 5.84. The Morgan fingerprint density at radius 1 is 1.42 bits per heavy atom. The highest BCUT2D eigenvalue weighted by molar-refractivity contribution is 6.29. The number of hydrogen-bond acceptors (Lipinski definition) is 3. The lowest BCUT2D eigenvalue weighted by molar-refractivity contribution is 0.0950. The summed E-state index contributed by atoms with van der Waals surface area (Å²) in [4.78, 5) is 16.0. The predicted molar refractivity (Wildman–Crippen MR) is 73.1 cm³/mol. The number of carbonyl (C=O) groups is 1. The van der Waals surface area contributed by atoms with Crippen LogP contribution in [0.3, 0.4) is 0 Å². The van der Waals surface area contributed by atoms with Crippen molar-refractivity contribution in [1.82, 2.24) is 20.1 Å². The molecule has 0 radical (unpaired) electrons. The fraction of sp³-hybridized carbons (Fsp3) is 0.308. The fourth-order valence-electron chi connectivity index (χ4n) is 1.75. The van der Waals surface area contributed by atoms with Crippen molar-refractivity contribution in [2.75, 3.05) is 0 Å². The van der Waals surface area contributed by atoms with Crippen LogP contribution in [0.4, 0.5) is 0 Å². The monoisotopic (exact) mass is 278 g/mol. The number of aromatic nitrogens is 3. The van der Waals surface area contributed by atoms with E-state index in [1.165, 1.54) is 0 Å². The number of rotatable bonds is 3. The highest BCUT2D eigenvalue weighted by Gasteiger charge is 2.09. The van der Waals surface area contributed by atoms with Gasteiger partial charge in [-0.25, -0.2) is 4.98 Å². The number of carbonyl (C=O) groups excluding carboxylic acids is 1. The van der Waals surface area contributed by atoms with Gasteiger partial charge in [-0.05, 0) is 26.0 Å². The average Bonchev–Trinajstić information content (AvgIpc) is 2.66. The van der Waals surface area contributed by atoms with Crippen LogP contribution < -0.4 is 5.32 Å². The maximum atomic E-state index is 12.0. The number of nitrogens with one attached hydrogen (secondary N) is 1. The molecule has 1 N–H and O–H groups in total. The molecule has 0 aliphatic heterocycles. The summed E-state index contributed by atoms with van der Waals surface area (Å²) in [6.45, 7) is 4.20.